The molecule has 1 aromatic carbocycles. The second-order valence-electron chi connectivity index (χ2n) is 6.32. The van der Waals surface area contributed by atoms with Gasteiger partial charge in [0.25, 0.3) is 0 Å². The van der Waals surface area contributed by atoms with E-state index < -0.39 is 0 Å². The molecule has 0 fully saturated rings. The number of rotatable bonds is 8. The fourth-order valence-corrected chi connectivity index (χ4v) is 2.82. The predicted molar refractivity (Wildman–Crippen MR) is 87.0 cm³/mol. The maximum absolute atomic E-state index is 5.74. The van der Waals surface area contributed by atoms with E-state index in [9.17, 15) is 0 Å². The van der Waals surface area contributed by atoms with E-state index in [4.69, 9.17) is 4.74 Å². The van der Waals surface area contributed by atoms with E-state index in [1.165, 1.54) is 11.1 Å². The van der Waals surface area contributed by atoms with Gasteiger partial charge < -0.3 is 10.1 Å². The van der Waals surface area contributed by atoms with Crippen LogP contribution in [0.3, 0.4) is 0 Å². The summed E-state index contributed by atoms with van der Waals surface area (Å²) in [6.07, 6.45) is 1.33. The lowest BCUT2D eigenvalue weighted by Gasteiger charge is -2.30. The molecule has 1 aromatic rings. The van der Waals surface area contributed by atoms with Crippen LogP contribution in [0.4, 0.5) is 0 Å². The van der Waals surface area contributed by atoms with Gasteiger partial charge in [-0.2, -0.15) is 0 Å². The van der Waals surface area contributed by atoms with E-state index in [1.54, 1.807) is 0 Å². The molecule has 2 heteroatoms. The van der Waals surface area contributed by atoms with E-state index in [1.807, 2.05) is 7.11 Å². The molecule has 0 saturated carbocycles. The standard InChI is InChI=1S/C18H31NO/c1-7-19-17(18(20-6)14(4)5)16-10-8-9-15(12-16)11-13(2)3/h8-10,12-14,17-19H,7,11H2,1-6H3. The third-order valence-electron chi connectivity index (χ3n) is 3.64. The SMILES string of the molecule is CCNC(c1cccc(CC(C)C)c1)C(OC)C(C)C. The van der Waals surface area contributed by atoms with E-state index in [-0.39, 0.29) is 12.1 Å². The van der Waals surface area contributed by atoms with Gasteiger partial charge >= 0.3 is 0 Å². The van der Waals surface area contributed by atoms with Crippen molar-refractivity contribution in [2.45, 2.75) is 53.2 Å². The molecule has 0 bridgehead atoms. The quantitative estimate of drug-likeness (QED) is 0.768. The zero-order valence-corrected chi connectivity index (χ0v) is 13.9. The van der Waals surface area contributed by atoms with E-state index in [0.29, 0.717) is 11.8 Å². The summed E-state index contributed by atoms with van der Waals surface area (Å²) in [5.74, 6) is 1.17. The maximum Gasteiger partial charge on any atom is 0.0788 e. The van der Waals surface area contributed by atoms with Crippen molar-refractivity contribution in [2.24, 2.45) is 11.8 Å². The van der Waals surface area contributed by atoms with Gasteiger partial charge in [0.2, 0.25) is 0 Å². The first-order chi connectivity index (χ1) is 9.49. The molecule has 2 atom stereocenters. The van der Waals surface area contributed by atoms with Gasteiger partial charge in [0.05, 0.1) is 12.1 Å². The molecule has 0 heterocycles. The minimum atomic E-state index is 0.198. The molecular weight excluding hydrogens is 246 g/mol. The summed E-state index contributed by atoms with van der Waals surface area (Å²) in [6, 6.07) is 9.21. The van der Waals surface area contributed by atoms with E-state index in [0.717, 1.165) is 13.0 Å². The van der Waals surface area contributed by atoms with Crippen LogP contribution in [-0.2, 0) is 11.2 Å². The summed E-state index contributed by atoms with van der Waals surface area (Å²) in [6.45, 7) is 12.1. The number of hydrogen-bond acceptors (Lipinski definition) is 2. The third kappa shape index (κ3) is 4.92. The van der Waals surface area contributed by atoms with E-state index >= 15 is 0 Å². The molecule has 20 heavy (non-hydrogen) atoms. The summed E-state index contributed by atoms with van der Waals surface area (Å²) in [4.78, 5) is 0. The Morgan fingerprint density at radius 2 is 1.85 bits per heavy atom. The van der Waals surface area contributed by atoms with Crippen LogP contribution >= 0.6 is 0 Å². The Morgan fingerprint density at radius 1 is 1.15 bits per heavy atom. The van der Waals surface area contributed by atoms with Gasteiger partial charge in [-0.1, -0.05) is 58.9 Å². The second kappa shape index (κ2) is 8.43. The summed E-state index contributed by atoms with van der Waals surface area (Å²) in [5.41, 5.74) is 2.75. The van der Waals surface area contributed by atoms with Crippen LogP contribution in [0.25, 0.3) is 0 Å². The minimum Gasteiger partial charge on any atom is -0.379 e. The third-order valence-corrected chi connectivity index (χ3v) is 3.64. The van der Waals surface area contributed by atoms with Gasteiger partial charge in [-0.3, -0.25) is 0 Å². The number of hydrogen-bond donors (Lipinski definition) is 1. The molecule has 2 unspecified atom stereocenters. The monoisotopic (exact) mass is 277 g/mol. The largest absolute Gasteiger partial charge is 0.379 e. The van der Waals surface area contributed by atoms with Crippen molar-refractivity contribution in [3.05, 3.63) is 35.4 Å². The normalized spacial score (nSPS) is 14.8. The van der Waals surface area contributed by atoms with Gasteiger partial charge in [-0.15, -0.1) is 0 Å². The Balaban J connectivity index is 3.01. The first-order valence-corrected chi connectivity index (χ1v) is 7.84. The molecule has 0 aliphatic carbocycles. The van der Waals surface area contributed by atoms with Crippen molar-refractivity contribution >= 4 is 0 Å². The molecule has 114 valence electrons. The van der Waals surface area contributed by atoms with Gasteiger partial charge in [0.15, 0.2) is 0 Å². The summed E-state index contributed by atoms with van der Waals surface area (Å²) >= 11 is 0. The molecule has 0 spiro atoms. The van der Waals surface area contributed by atoms with Gasteiger partial charge in [-0.05, 0) is 35.9 Å². The Hall–Kier alpha value is -0.860. The van der Waals surface area contributed by atoms with Crippen LogP contribution in [0.2, 0.25) is 0 Å². The first-order valence-electron chi connectivity index (χ1n) is 7.84. The molecule has 0 amide bonds. The first kappa shape index (κ1) is 17.2. The number of nitrogens with one attached hydrogen (secondary N) is 1. The minimum absolute atomic E-state index is 0.198. The number of methoxy groups -OCH3 is 1. The van der Waals surface area contributed by atoms with Crippen LogP contribution in [0.1, 0.15) is 51.8 Å². The van der Waals surface area contributed by atoms with E-state index in [2.05, 4.69) is 64.2 Å². The highest BCUT2D eigenvalue weighted by Gasteiger charge is 2.25. The fraction of sp³-hybridized carbons (Fsp3) is 0.667. The Morgan fingerprint density at radius 3 is 2.35 bits per heavy atom. The van der Waals surface area contributed by atoms with Crippen LogP contribution in [0, 0.1) is 11.8 Å². The lowest BCUT2D eigenvalue weighted by atomic mass is 9.91. The Kier molecular flexibility index (Phi) is 7.25. The molecule has 0 aliphatic rings. The van der Waals surface area contributed by atoms with Crippen LogP contribution < -0.4 is 5.32 Å². The zero-order chi connectivity index (χ0) is 15.1. The highest BCUT2D eigenvalue weighted by molar-refractivity contribution is 5.27. The number of benzene rings is 1. The van der Waals surface area contributed by atoms with Gasteiger partial charge in [0.1, 0.15) is 0 Å². The van der Waals surface area contributed by atoms with Crippen molar-refractivity contribution in [3.8, 4) is 0 Å². The van der Waals surface area contributed by atoms with Gasteiger partial charge in [0, 0.05) is 7.11 Å². The van der Waals surface area contributed by atoms with Crippen LogP contribution in [0.5, 0.6) is 0 Å². The topological polar surface area (TPSA) is 21.3 Å². The molecular formula is C18H31NO. The molecule has 2 nitrogen and oxygen atoms in total. The summed E-state index contributed by atoms with van der Waals surface area (Å²) in [7, 11) is 1.81. The highest BCUT2D eigenvalue weighted by atomic mass is 16.5. The average Bonchev–Trinajstić information content (AvgIpc) is 2.37. The summed E-state index contributed by atoms with van der Waals surface area (Å²) in [5, 5.41) is 3.59. The molecule has 0 aliphatic heterocycles. The average molecular weight is 277 g/mol. The molecule has 1 N–H and O–H groups in total. The van der Waals surface area contributed by atoms with Crippen molar-refractivity contribution in [1.29, 1.82) is 0 Å². The number of likely N-dealkylation sites (N-methyl/N-ethyl adjacent to an activating group) is 1. The predicted octanol–water partition coefficient (Wildman–Crippen LogP) is 4.21. The summed E-state index contributed by atoms with van der Waals surface area (Å²) < 4.78 is 5.74. The smallest absolute Gasteiger partial charge is 0.0788 e. The Labute approximate surface area is 124 Å². The van der Waals surface area contributed by atoms with Crippen molar-refractivity contribution in [2.75, 3.05) is 13.7 Å². The lowest BCUT2D eigenvalue weighted by Crippen LogP contribution is -2.36. The molecule has 0 aromatic heterocycles. The highest BCUT2D eigenvalue weighted by Crippen LogP contribution is 2.25. The molecule has 1 rings (SSSR count). The van der Waals surface area contributed by atoms with Crippen molar-refractivity contribution in [3.63, 3.8) is 0 Å². The molecule has 0 radical (unpaired) electrons. The van der Waals surface area contributed by atoms with Crippen LogP contribution in [0.15, 0.2) is 24.3 Å². The van der Waals surface area contributed by atoms with Crippen molar-refractivity contribution < 1.29 is 4.74 Å². The fourth-order valence-electron chi connectivity index (χ4n) is 2.82. The maximum atomic E-state index is 5.74. The second-order valence-corrected chi connectivity index (χ2v) is 6.32. The zero-order valence-electron chi connectivity index (χ0n) is 13.9. The molecule has 0 saturated heterocycles. The van der Waals surface area contributed by atoms with Crippen LogP contribution in [-0.4, -0.2) is 19.8 Å². The lowest BCUT2D eigenvalue weighted by molar-refractivity contribution is 0.0331. The van der Waals surface area contributed by atoms with Crippen molar-refractivity contribution in [1.82, 2.24) is 5.32 Å². The van der Waals surface area contributed by atoms with Gasteiger partial charge in [-0.25, -0.2) is 0 Å². The number of ether oxygens (including phenoxy) is 1. The Bertz CT molecular complexity index is 387.